The maximum Gasteiger partial charge on any atom is 0.279 e. The number of hydrogen-bond donors (Lipinski definition) is 2. The van der Waals surface area contributed by atoms with Crippen LogP contribution in [-0.2, 0) is 16.4 Å². The van der Waals surface area contributed by atoms with Gasteiger partial charge in [-0.25, -0.2) is 18.2 Å². The molecule has 20 heavy (non-hydrogen) atoms. The molecular formula is C11H10F3N3O2S. The van der Waals surface area contributed by atoms with Gasteiger partial charge in [0, 0.05) is 6.42 Å². The van der Waals surface area contributed by atoms with E-state index < -0.39 is 33.2 Å². The third kappa shape index (κ3) is 2.62. The predicted molar refractivity (Wildman–Crippen MR) is 65.1 cm³/mol. The molecule has 0 aliphatic carbocycles. The Hall–Kier alpha value is -2.03. The summed E-state index contributed by atoms with van der Waals surface area (Å²) in [5, 5.41) is -0.293. The van der Waals surface area contributed by atoms with E-state index >= 15 is 0 Å². The zero-order valence-corrected chi connectivity index (χ0v) is 11.1. The molecule has 0 saturated heterocycles. The number of nitrogens with zero attached hydrogens (tertiary/aromatic N) is 1. The van der Waals surface area contributed by atoms with Crippen LogP contribution >= 0.6 is 0 Å². The normalized spacial score (nSPS) is 11.6. The average Bonchev–Trinajstić information content (AvgIpc) is 2.89. The van der Waals surface area contributed by atoms with Crippen LogP contribution in [0.5, 0.6) is 0 Å². The lowest BCUT2D eigenvalue weighted by molar-refractivity contribution is 0.449. The summed E-state index contributed by atoms with van der Waals surface area (Å²) in [6, 6.07) is 1.42. The molecule has 0 spiro atoms. The molecule has 0 aliphatic heterocycles. The fraction of sp³-hybridized carbons (Fsp3) is 0.182. The number of nitrogens with one attached hydrogen (secondary N) is 2. The summed E-state index contributed by atoms with van der Waals surface area (Å²) in [5.41, 5.74) is -0.684. The van der Waals surface area contributed by atoms with Crippen molar-refractivity contribution in [2.45, 2.75) is 18.4 Å². The standard InChI is InChI=1S/C11H10F3N3O2S/c1-2-8-15-5-9(16-8)20(18,19)17-7-4-3-6(12)10(13)11(7)14/h3-5,17H,2H2,1H3,(H,15,16). The van der Waals surface area contributed by atoms with E-state index in [9.17, 15) is 21.6 Å². The number of anilines is 1. The molecule has 108 valence electrons. The molecule has 0 saturated carbocycles. The van der Waals surface area contributed by atoms with Crippen molar-refractivity contribution in [2.24, 2.45) is 0 Å². The number of aryl methyl sites for hydroxylation is 1. The first-order valence-electron chi connectivity index (χ1n) is 5.55. The van der Waals surface area contributed by atoms with Crippen LogP contribution in [0.1, 0.15) is 12.7 Å². The number of rotatable bonds is 4. The van der Waals surface area contributed by atoms with E-state index in [1.165, 1.54) is 0 Å². The van der Waals surface area contributed by atoms with Crippen LogP contribution in [0.3, 0.4) is 0 Å². The molecule has 0 radical (unpaired) electrons. The zero-order valence-electron chi connectivity index (χ0n) is 10.2. The lowest BCUT2D eigenvalue weighted by Crippen LogP contribution is -2.15. The maximum absolute atomic E-state index is 13.4. The van der Waals surface area contributed by atoms with Crippen LogP contribution in [0.4, 0.5) is 18.9 Å². The molecule has 0 fully saturated rings. The Morgan fingerprint density at radius 3 is 2.55 bits per heavy atom. The number of H-pyrrole nitrogens is 1. The number of halogens is 3. The Morgan fingerprint density at radius 2 is 1.95 bits per heavy atom. The molecule has 2 rings (SSSR count). The van der Waals surface area contributed by atoms with E-state index in [0.717, 1.165) is 12.3 Å². The number of aromatic nitrogens is 2. The van der Waals surface area contributed by atoms with Gasteiger partial charge in [-0.05, 0) is 12.1 Å². The highest BCUT2D eigenvalue weighted by atomic mass is 32.2. The first-order chi connectivity index (χ1) is 9.35. The monoisotopic (exact) mass is 305 g/mol. The Bertz CT molecular complexity index is 743. The van der Waals surface area contributed by atoms with Gasteiger partial charge in [-0.1, -0.05) is 6.92 Å². The first kappa shape index (κ1) is 14.4. The van der Waals surface area contributed by atoms with Gasteiger partial charge in [0.2, 0.25) is 0 Å². The maximum atomic E-state index is 13.4. The fourth-order valence-corrected chi connectivity index (χ4v) is 2.46. The minimum atomic E-state index is -4.15. The molecule has 0 amide bonds. The van der Waals surface area contributed by atoms with Crippen molar-refractivity contribution in [3.63, 3.8) is 0 Å². The zero-order chi connectivity index (χ0) is 14.9. The van der Waals surface area contributed by atoms with Gasteiger partial charge < -0.3 is 4.98 Å². The number of benzene rings is 1. The van der Waals surface area contributed by atoms with Gasteiger partial charge in [0.15, 0.2) is 22.5 Å². The van der Waals surface area contributed by atoms with Crippen LogP contribution in [-0.4, -0.2) is 18.4 Å². The molecule has 9 heteroatoms. The summed E-state index contributed by atoms with van der Waals surface area (Å²) in [7, 11) is -4.15. The molecule has 0 bridgehead atoms. The number of hydrogen-bond acceptors (Lipinski definition) is 3. The topological polar surface area (TPSA) is 74.8 Å². The Balaban J connectivity index is 2.36. The van der Waals surface area contributed by atoms with Crippen molar-refractivity contribution in [1.82, 2.24) is 9.97 Å². The molecule has 0 unspecified atom stereocenters. The van der Waals surface area contributed by atoms with Crippen molar-refractivity contribution < 1.29 is 21.6 Å². The summed E-state index contributed by atoms with van der Waals surface area (Å²) >= 11 is 0. The summed E-state index contributed by atoms with van der Waals surface area (Å²) < 4.78 is 64.8. The van der Waals surface area contributed by atoms with Crippen molar-refractivity contribution in [1.29, 1.82) is 0 Å². The molecule has 1 aromatic heterocycles. The van der Waals surface area contributed by atoms with Gasteiger partial charge in [0.05, 0.1) is 11.9 Å². The van der Waals surface area contributed by atoms with Crippen LogP contribution in [0, 0.1) is 17.5 Å². The van der Waals surface area contributed by atoms with Crippen LogP contribution in [0.2, 0.25) is 0 Å². The Morgan fingerprint density at radius 1 is 1.25 bits per heavy atom. The summed E-state index contributed by atoms with van der Waals surface area (Å²) in [6.45, 7) is 1.76. The molecule has 1 aromatic carbocycles. The number of imidazole rings is 1. The van der Waals surface area contributed by atoms with Gasteiger partial charge in [-0.15, -0.1) is 0 Å². The van der Waals surface area contributed by atoms with Crippen molar-refractivity contribution in [2.75, 3.05) is 4.72 Å². The average molecular weight is 305 g/mol. The van der Waals surface area contributed by atoms with Gasteiger partial charge in [0.1, 0.15) is 5.82 Å². The second-order valence-electron chi connectivity index (χ2n) is 3.88. The minimum Gasteiger partial charge on any atom is -0.332 e. The summed E-state index contributed by atoms with van der Waals surface area (Å²) in [6.07, 6.45) is 1.54. The van der Waals surface area contributed by atoms with E-state index in [1.807, 2.05) is 4.72 Å². The number of sulfonamides is 1. The van der Waals surface area contributed by atoms with Crippen LogP contribution < -0.4 is 4.72 Å². The molecule has 1 heterocycles. The number of aromatic amines is 1. The second-order valence-corrected chi connectivity index (χ2v) is 5.53. The molecule has 5 nitrogen and oxygen atoms in total. The molecule has 0 aliphatic rings. The Labute approximate surface area is 112 Å². The van der Waals surface area contributed by atoms with Gasteiger partial charge >= 0.3 is 0 Å². The second kappa shape index (κ2) is 5.16. The van der Waals surface area contributed by atoms with E-state index in [2.05, 4.69) is 9.97 Å². The lowest BCUT2D eigenvalue weighted by Gasteiger charge is -2.07. The van der Waals surface area contributed by atoms with Crippen LogP contribution in [0.15, 0.2) is 23.4 Å². The highest BCUT2D eigenvalue weighted by molar-refractivity contribution is 7.92. The SMILES string of the molecule is CCc1ncc(S(=O)(=O)Nc2ccc(F)c(F)c2F)[nH]1. The van der Waals surface area contributed by atoms with Gasteiger partial charge in [-0.3, -0.25) is 4.72 Å². The first-order valence-corrected chi connectivity index (χ1v) is 7.03. The van der Waals surface area contributed by atoms with Crippen molar-refractivity contribution in [3.8, 4) is 0 Å². The Kier molecular flexibility index (Phi) is 3.71. The molecule has 2 aromatic rings. The van der Waals surface area contributed by atoms with E-state index in [1.54, 1.807) is 6.92 Å². The van der Waals surface area contributed by atoms with Gasteiger partial charge in [-0.2, -0.15) is 8.42 Å². The van der Waals surface area contributed by atoms with E-state index in [0.29, 0.717) is 18.3 Å². The largest absolute Gasteiger partial charge is 0.332 e. The quantitative estimate of drug-likeness (QED) is 0.850. The third-order valence-corrected chi connectivity index (χ3v) is 3.78. The molecular weight excluding hydrogens is 295 g/mol. The minimum absolute atomic E-state index is 0.293. The predicted octanol–water partition coefficient (Wildman–Crippen LogP) is 2.19. The lowest BCUT2D eigenvalue weighted by atomic mass is 10.3. The summed E-state index contributed by atoms with van der Waals surface area (Å²) in [4.78, 5) is 6.31. The molecule has 2 N–H and O–H groups in total. The smallest absolute Gasteiger partial charge is 0.279 e. The van der Waals surface area contributed by atoms with Crippen LogP contribution in [0.25, 0.3) is 0 Å². The highest BCUT2D eigenvalue weighted by Crippen LogP contribution is 2.22. The van der Waals surface area contributed by atoms with Crippen molar-refractivity contribution >= 4 is 15.7 Å². The fourth-order valence-electron chi connectivity index (χ4n) is 1.46. The highest BCUT2D eigenvalue weighted by Gasteiger charge is 2.21. The van der Waals surface area contributed by atoms with Gasteiger partial charge in [0.25, 0.3) is 10.0 Å². The van der Waals surface area contributed by atoms with Crippen molar-refractivity contribution in [3.05, 3.63) is 41.6 Å². The molecule has 0 atom stereocenters. The third-order valence-electron chi connectivity index (χ3n) is 2.51. The van der Waals surface area contributed by atoms with E-state index in [4.69, 9.17) is 0 Å². The summed E-state index contributed by atoms with van der Waals surface area (Å²) in [5.74, 6) is -4.33. The van der Waals surface area contributed by atoms with E-state index in [-0.39, 0.29) is 5.03 Å².